The minimum atomic E-state index is 0.468. The average Bonchev–Trinajstić information content (AvgIpc) is 2.38. The zero-order valence-corrected chi connectivity index (χ0v) is 10.7. The van der Waals surface area contributed by atoms with Crippen LogP contribution in [0, 0.1) is 6.92 Å². The normalized spacial score (nSPS) is 11.1. The van der Waals surface area contributed by atoms with E-state index in [9.17, 15) is 0 Å². The largest absolute Gasteiger partial charge is 0.365 e. The first-order valence-corrected chi connectivity index (χ1v) is 6.24. The summed E-state index contributed by atoms with van der Waals surface area (Å²) in [5.74, 6) is 0.903. The maximum absolute atomic E-state index is 4.28. The Bertz CT molecular complexity index is 504. The number of fused-ring (bicyclic) bond motifs is 1. The second-order valence-electron chi connectivity index (χ2n) is 4.34. The smallest absolute Gasteiger partial charge is 0.156 e. The van der Waals surface area contributed by atoms with Gasteiger partial charge in [-0.05, 0) is 19.8 Å². The van der Waals surface area contributed by atoms with Crippen LogP contribution in [0.3, 0.4) is 0 Å². The van der Waals surface area contributed by atoms with Gasteiger partial charge in [-0.1, -0.05) is 38.1 Å². The van der Waals surface area contributed by atoms with Crippen molar-refractivity contribution in [2.45, 2.75) is 39.7 Å². The van der Waals surface area contributed by atoms with Gasteiger partial charge < -0.3 is 5.32 Å². The Balaban J connectivity index is 2.44. The summed E-state index contributed by atoms with van der Waals surface area (Å²) in [7, 11) is 0. The number of rotatable bonds is 4. The van der Waals surface area contributed by atoms with E-state index < -0.39 is 0 Å². The topological polar surface area (TPSA) is 37.8 Å². The van der Waals surface area contributed by atoms with Crippen LogP contribution in [0.5, 0.6) is 0 Å². The second kappa shape index (κ2) is 5.13. The molecular weight excluding hydrogens is 210 g/mol. The monoisotopic (exact) mass is 229 g/mol. The zero-order valence-electron chi connectivity index (χ0n) is 10.7. The van der Waals surface area contributed by atoms with E-state index in [2.05, 4.69) is 41.5 Å². The van der Waals surface area contributed by atoms with E-state index in [0.29, 0.717) is 6.04 Å². The van der Waals surface area contributed by atoms with Gasteiger partial charge in [0.2, 0.25) is 0 Å². The second-order valence-corrected chi connectivity index (χ2v) is 4.34. The SMILES string of the molecule is CCC(CC)Nc1nnc(C)c2ccccc12. The Morgan fingerprint density at radius 2 is 1.71 bits per heavy atom. The summed E-state index contributed by atoms with van der Waals surface area (Å²) in [6.07, 6.45) is 2.20. The third-order valence-corrected chi connectivity index (χ3v) is 3.20. The quantitative estimate of drug-likeness (QED) is 0.871. The van der Waals surface area contributed by atoms with Crippen LogP contribution < -0.4 is 5.32 Å². The van der Waals surface area contributed by atoms with Gasteiger partial charge in [0.25, 0.3) is 0 Å². The molecule has 2 rings (SSSR count). The van der Waals surface area contributed by atoms with Crippen molar-refractivity contribution in [2.24, 2.45) is 0 Å². The zero-order chi connectivity index (χ0) is 12.3. The van der Waals surface area contributed by atoms with E-state index in [1.165, 1.54) is 5.39 Å². The number of hydrogen-bond acceptors (Lipinski definition) is 3. The molecule has 3 nitrogen and oxygen atoms in total. The molecule has 1 heterocycles. The lowest BCUT2D eigenvalue weighted by Crippen LogP contribution is -2.18. The maximum atomic E-state index is 4.28. The molecule has 0 saturated heterocycles. The van der Waals surface area contributed by atoms with Gasteiger partial charge in [-0.25, -0.2) is 0 Å². The summed E-state index contributed by atoms with van der Waals surface area (Å²) < 4.78 is 0. The van der Waals surface area contributed by atoms with Crippen molar-refractivity contribution in [1.29, 1.82) is 0 Å². The van der Waals surface area contributed by atoms with Crippen LogP contribution in [-0.2, 0) is 0 Å². The number of benzene rings is 1. The van der Waals surface area contributed by atoms with Gasteiger partial charge in [0.1, 0.15) is 0 Å². The predicted octanol–water partition coefficient (Wildman–Crippen LogP) is 3.54. The number of anilines is 1. The Morgan fingerprint density at radius 1 is 1.06 bits per heavy atom. The molecule has 1 N–H and O–H groups in total. The van der Waals surface area contributed by atoms with Crippen LogP contribution in [0.4, 0.5) is 5.82 Å². The summed E-state index contributed by atoms with van der Waals surface area (Å²) in [6, 6.07) is 8.74. The molecule has 0 aliphatic heterocycles. The number of hydrogen-bond donors (Lipinski definition) is 1. The van der Waals surface area contributed by atoms with E-state index in [-0.39, 0.29) is 0 Å². The molecule has 0 fully saturated rings. The summed E-state index contributed by atoms with van der Waals surface area (Å²) in [5.41, 5.74) is 0.982. The number of nitrogens with one attached hydrogen (secondary N) is 1. The van der Waals surface area contributed by atoms with Gasteiger partial charge in [-0.15, -0.1) is 5.10 Å². The van der Waals surface area contributed by atoms with Gasteiger partial charge in [0.05, 0.1) is 5.69 Å². The van der Waals surface area contributed by atoms with Crippen molar-refractivity contribution in [2.75, 3.05) is 5.32 Å². The highest BCUT2D eigenvalue weighted by molar-refractivity contribution is 5.92. The molecule has 1 aromatic heterocycles. The highest BCUT2D eigenvalue weighted by atomic mass is 15.2. The van der Waals surface area contributed by atoms with Crippen molar-refractivity contribution < 1.29 is 0 Å². The van der Waals surface area contributed by atoms with Crippen molar-refractivity contribution in [1.82, 2.24) is 10.2 Å². The maximum Gasteiger partial charge on any atom is 0.156 e. The number of aryl methyl sites for hydroxylation is 1. The van der Waals surface area contributed by atoms with Crippen molar-refractivity contribution >= 4 is 16.6 Å². The third kappa shape index (κ3) is 2.38. The molecule has 0 aliphatic carbocycles. The van der Waals surface area contributed by atoms with Crippen LogP contribution in [-0.4, -0.2) is 16.2 Å². The Labute approximate surface area is 102 Å². The molecule has 0 saturated carbocycles. The Kier molecular flexibility index (Phi) is 3.57. The molecule has 1 aromatic carbocycles. The van der Waals surface area contributed by atoms with Gasteiger partial charge in [0.15, 0.2) is 5.82 Å². The number of aromatic nitrogens is 2. The molecule has 0 amide bonds. The lowest BCUT2D eigenvalue weighted by molar-refractivity contribution is 0.667. The molecule has 0 unspecified atom stereocenters. The molecule has 90 valence electrons. The molecule has 2 aromatic rings. The fourth-order valence-electron chi connectivity index (χ4n) is 2.03. The lowest BCUT2D eigenvalue weighted by atomic mass is 10.1. The first-order valence-electron chi connectivity index (χ1n) is 6.24. The fraction of sp³-hybridized carbons (Fsp3) is 0.429. The Morgan fingerprint density at radius 3 is 2.35 bits per heavy atom. The van der Waals surface area contributed by atoms with E-state index in [4.69, 9.17) is 0 Å². The van der Waals surface area contributed by atoms with Crippen LogP contribution in [0.25, 0.3) is 10.8 Å². The van der Waals surface area contributed by atoms with Crippen LogP contribution >= 0.6 is 0 Å². The minimum Gasteiger partial charge on any atom is -0.365 e. The van der Waals surface area contributed by atoms with E-state index >= 15 is 0 Å². The summed E-state index contributed by atoms with van der Waals surface area (Å²) >= 11 is 0. The minimum absolute atomic E-state index is 0.468. The van der Waals surface area contributed by atoms with E-state index in [0.717, 1.165) is 29.7 Å². The predicted molar refractivity (Wildman–Crippen MR) is 72.3 cm³/mol. The van der Waals surface area contributed by atoms with Crippen LogP contribution in [0.2, 0.25) is 0 Å². The van der Waals surface area contributed by atoms with Gasteiger partial charge in [-0.2, -0.15) is 5.10 Å². The molecular formula is C14H19N3. The lowest BCUT2D eigenvalue weighted by Gasteiger charge is -2.16. The summed E-state index contributed by atoms with van der Waals surface area (Å²) in [4.78, 5) is 0. The fourth-order valence-corrected chi connectivity index (χ4v) is 2.03. The van der Waals surface area contributed by atoms with Crippen molar-refractivity contribution in [3.05, 3.63) is 30.0 Å². The molecule has 0 aliphatic rings. The highest BCUT2D eigenvalue weighted by Gasteiger charge is 2.09. The average molecular weight is 229 g/mol. The van der Waals surface area contributed by atoms with Crippen molar-refractivity contribution in [3.8, 4) is 0 Å². The summed E-state index contributed by atoms with van der Waals surface area (Å²) in [5, 5.41) is 14.3. The number of nitrogens with zero attached hydrogens (tertiary/aromatic N) is 2. The molecule has 0 radical (unpaired) electrons. The van der Waals surface area contributed by atoms with Crippen LogP contribution in [0.15, 0.2) is 24.3 Å². The standard InChI is InChI=1S/C14H19N3/c1-4-11(5-2)15-14-13-9-7-6-8-12(13)10(3)16-17-14/h6-9,11H,4-5H2,1-3H3,(H,15,17). The van der Waals surface area contributed by atoms with Gasteiger partial charge in [-0.3, -0.25) is 0 Å². The molecule has 0 spiro atoms. The van der Waals surface area contributed by atoms with Gasteiger partial charge >= 0.3 is 0 Å². The first kappa shape index (κ1) is 11.8. The van der Waals surface area contributed by atoms with Gasteiger partial charge in [0, 0.05) is 16.8 Å². The molecule has 0 atom stereocenters. The highest BCUT2D eigenvalue weighted by Crippen LogP contribution is 2.23. The third-order valence-electron chi connectivity index (χ3n) is 3.20. The van der Waals surface area contributed by atoms with E-state index in [1.807, 2.05) is 19.1 Å². The van der Waals surface area contributed by atoms with Crippen LogP contribution in [0.1, 0.15) is 32.4 Å². The first-order chi connectivity index (χ1) is 8.26. The summed E-state index contributed by atoms with van der Waals surface area (Å²) in [6.45, 7) is 6.37. The van der Waals surface area contributed by atoms with E-state index in [1.54, 1.807) is 0 Å². The molecule has 3 heteroatoms. The molecule has 17 heavy (non-hydrogen) atoms. The Hall–Kier alpha value is -1.64. The molecule has 0 bridgehead atoms. The van der Waals surface area contributed by atoms with Crippen molar-refractivity contribution in [3.63, 3.8) is 0 Å².